The Morgan fingerprint density at radius 1 is 1.11 bits per heavy atom. The minimum Gasteiger partial charge on any atom is -0.497 e. The van der Waals surface area contributed by atoms with Crippen molar-refractivity contribution in [3.05, 3.63) is 52.1 Å². The lowest BCUT2D eigenvalue weighted by Gasteiger charge is -2.13. The molecule has 0 saturated heterocycles. The van der Waals surface area contributed by atoms with Crippen molar-refractivity contribution in [3.8, 4) is 17.2 Å². The molecule has 144 valence electrons. The molecule has 0 aliphatic rings. The van der Waals surface area contributed by atoms with Gasteiger partial charge in [0.05, 0.1) is 32.3 Å². The molecule has 27 heavy (non-hydrogen) atoms. The first-order chi connectivity index (χ1) is 13.0. The maximum absolute atomic E-state index is 11.3. The molecule has 0 unspecified atom stereocenters. The number of nitrogens with one attached hydrogen (secondary N) is 2. The number of hydrogen-bond acceptors (Lipinski definition) is 6. The number of hydrogen-bond donors (Lipinski definition) is 2. The van der Waals surface area contributed by atoms with Gasteiger partial charge in [0, 0.05) is 23.9 Å². The SMILES string of the molecule is COc1cccc(NC(=S)NCCc2cc(OC)c(OC)cc2[N+](=O)[O-])c1. The van der Waals surface area contributed by atoms with Crippen molar-refractivity contribution in [1.29, 1.82) is 0 Å². The molecule has 0 aromatic heterocycles. The van der Waals surface area contributed by atoms with Gasteiger partial charge in [-0.25, -0.2) is 0 Å². The summed E-state index contributed by atoms with van der Waals surface area (Å²) in [6.07, 6.45) is 0.386. The molecule has 0 amide bonds. The first-order valence-corrected chi connectivity index (χ1v) is 8.47. The van der Waals surface area contributed by atoms with E-state index in [-0.39, 0.29) is 5.69 Å². The first-order valence-electron chi connectivity index (χ1n) is 8.06. The number of nitro groups is 1. The summed E-state index contributed by atoms with van der Waals surface area (Å²) in [6, 6.07) is 10.3. The average molecular weight is 391 g/mol. The second-order valence-electron chi connectivity index (χ2n) is 5.46. The Bertz CT molecular complexity index is 829. The van der Waals surface area contributed by atoms with Gasteiger partial charge in [-0.15, -0.1) is 0 Å². The van der Waals surface area contributed by atoms with Gasteiger partial charge in [0.1, 0.15) is 5.75 Å². The molecule has 2 aromatic carbocycles. The third kappa shape index (κ3) is 5.45. The van der Waals surface area contributed by atoms with E-state index in [1.807, 2.05) is 24.3 Å². The van der Waals surface area contributed by atoms with Gasteiger partial charge in [-0.05, 0) is 36.8 Å². The minimum atomic E-state index is -0.440. The summed E-state index contributed by atoms with van der Waals surface area (Å²) in [5.74, 6) is 1.47. The molecule has 0 saturated carbocycles. The van der Waals surface area contributed by atoms with E-state index in [0.717, 1.165) is 5.69 Å². The van der Waals surface area contributed by atoms with E-state index in [1.54, 1.807) is 13.2 Å². The topological polar surface area (TPSA) is 94.9 Å². The fourth-order valence-corrected chi connectivity index (χ4v) is 2.69. The second kappa shape index (κ2) is 9.58. The summed E-state index contributed by atoms with van der Waals surface area (Å²) in [5.41, 5.74) is 1.28. The Balaban J connectivity index is 2.01. The van der Waals surface area contributed by atoms with Crippen LogP contribution >= 0.6 is 12.2 Å². The van der Waals surface area contributed by atoms with Crippen molar-refractivity contribution in [2.75, 3.05) is 33.2 Å². The zero-order chi connectivity index (χ0) is 19.8. The summed E-state index contributed by atoms with van der Waals surface area (Å²) in [6.45, 7) is 0.409. The van der Waals surface area contributed by atoms with Gasteiger partial charge in [-0.3, -0.25) is 10.1 Å². The molecule has 0 radical (unpaired) electrons. The van der Waals surface area contributed by atoms with Crippen LogP contribution in [0.1, 0.15) is 5.56 Å². The largest absolute Gasteiger partial charge is 0.497 e. The van der Waals surface area contributed by atoms with Crippen molar-refractivity contribution in [1.82, 2.24) is 5.32 Å². The van der Waals surface area contributed by atoms with E-state index in [2.05, 4.69) is 10.6 Å². The zero-order valence-electron chi connectivity index (χ0n) is 15.3. The molecule has 0 heterocycles. The predicted molar refractivity (Wildman–Crippen MR) is 107 cm³/mol. The van der Waals surface area contributed by atoms with Gasteiger partial charge in [0.25, 0.3) is 5.69 Å². The molecule has 9 heteroatoms. The van der Waals surface area contributed by atoms with E-state index in [1.165, 1.54) is 20.3 Å². The summed E-state index contributed by atoms with van der Waals surface area (Å²) >= 11 is 5.26. The van der Waals surface area contributed by atoms with Gasteiger partial charge in [0.15, 0.2) is 16.6 Å². The molecule has 2 N–H and O–H groups in total. The summed E-state index contributed by atoms with van der Waals surface area (Å²) in [5, 5.41) is 17.8. The van der Waals surface area contributed by atoms with E-state index < -0.39 is 4.92 Å². The highest BCUT2D eigenvalue weighted by Gasteiger charge is 2.19. The molecule has 0 spiro atoms. The number of methoxy groups -OCH3 is 3. The quantitative estimate of drug-likeness (QED) is 0.403. The maximum atomic E-state index is 11.3. The standard InChI is InChI=1S/C18H21N3O5S/c1-24-14-6-4-5-13(10-14)20-18(27)19-8-7-12-9-16(25-2)17(26-3)11-15(12)21(22)23/h4-6,9-11H,7-8H2,1-3H3,(H2,19,20,27). The third-order valence-electron chi connectivity index (χ3n) is 3.79. The number of nitro benzene ring substituents is 1. The third-order valence-corrected chi connectivity index (χ3v) is 4.04. The summed E-state index contributed by atoms with van der Waals surface area (Å²) in [4.78, 5) is 10.9. The van der Waals surface area contributed by atoms with Crippen LogP contribution in [0.15, 0.2) is 36.4 Å². The molecule has 2 rings (SSSR count). The van der Waals surface area contributed by atoms with Gasteiger partial charge >= 0.3 is 0 Å². The molecular formula is C18H21N3O5S. The number of anilines is 1. The zero-order valence-corrected chi connectivity index (χ0v) is 16.1. The van der Waals surface area contributed by atoms with Gasteiger partial charge in [0.2, 0.25) is 0 Å². The van der Waals surface area contributed by atoms with Gasteiger partial charge in [-0.1, -0.05) is 6.07 Å². The Labute approximate surface area is 162 Å². The smallest absolute Gasteiger partial charge is 0.276 e. The summed E-state index contributed by atoms with van der Waals surface area (Å²) < 4.78 is 15.5. The molecule has 0 bridgehead atoms. The number of thiocarbonyl (C=S) groups is 1. The van der Waals surface area contributed by atoms with E-state index >= 15 is 0 Å². The van der Waals surface area contributed by atoms with Crippen LogP contribution in [0.2, 0.25) is 0 Å². The molecule has 2 aromatic rings. The van der Waals surface area contributed by atoms with Crippen molar-refractivity contribution in [2.45, 2.75) is 6.42 Å². The normalized spacial score (nSPS) is 10.0. The minimum absolute atomic E-state index is 0.0267. The van der Waals surface area contributed by atoms with E-state index in [0.29, 0.717) is 40.9 Å². The Morgan fingerprint density at radius 3 is 2.44 bits per heavy atom. The second-order valence-corrected chi connectivity index (χ2v) is 5.86. The van der Waals surface area contributed by atoms with Crippen molar-refractivity contribution in [2.24, 2.45) is 0 Å². The van der Waals surface area contributed by atoms with Crippen molar-refractivity contribution >= 4 is 28.7 Å². The van der Waals surface area contributed by atoms with Gasteiger partial charge < -0.3 is 24.8 Å². The monoisotopic (exact) mass is 391 g/mol. The predicted octanol–water partition coefficient (Wildman–Crippen LogP) is 3.15. The Kier molecular flexibility index (Phi) is 7.18. The number of nitrogens with zero attached hydrogens (tertiary/aromatic N) is 1. The fourth-order valence-electron chi connectivity index (χ4n) is 2.47. The molecule has 0 fully saturated rings. The van der Waals surface area contributed by atoms with Crippen LogP contribution in [0.5, 0.6) is 17.2 Å². The Morgan fingerprint density at radius 2 is 1.81 bits per heavy atom. The fraction of sp³-hybridized carbons (Fsp3) is 0.278. The molecule has 0 atom stereocenters. The van der Waals surface area contributed by atoms with Crippen LogP contribution in [-0.4, -0.2) is 37.9 Å². The summed E-state index contributed by atoms with van der Waals surface area (Å²) in [7, 11) is 4.51. The highest BCUT2D eigenvalue weighted by molar-refractivity contribution is 7.80. The lowest BCUT2D eigenvalue weighted by Crippen LogP contribution is -2.30. The van der Waals surface area contributed by atoms with Crippen LogP contribution < -0.4 is 24.8 Å². The molecule has 0 aliphatic heterocycles. The van der Waals surface area contributed by atoms with Crippen LogP contribution in [0.4, 0.5) is 11.4 Å². The van der Waals surface area contributed by atoms with E-state index in [9.17, 15) is 10.1 Å². The highest BCUT2D eigenvalue weighted by Crippen LogP contribution is 2.34. The maximum Gasteiger partial charge on any atom is 0.276 e. The molecule has 8 nitrogen and oxygen atoms in total. The van der Waals surface area contributed by atoms with E-state index in [4.69, 9.17) is 26.4 Å². The molecular weight excluding hydrogens is 370 g/mol. The molecule has 0 aliphatic carbocycles. The van der Waals surface area contributed by atoms with Crippen molar-refractivity contribution < 1.29 is 19.1 Å². The van der Waals surface area contributed by atoms with Crippen LogP contribution in [0.3, 0.4) is 0 Å². The average Bonchev–Trinajstić information content (AvgIpc) is 2.67. The number of rotatable bonds is 8. The highest BCUT2D eigenvalue weighted by atomic mass is 32.1. The van der Waals surface area contributed by atoms with Crippen LogP contribution in [-0.2, 0) is 6.42 Å². The van der Waals surface area contributed by atoms with Crippen molar-refractivity contribution in [3.63, 3.8) is 0 Å². The van der Waals surface area contributed by atoms with Crippen LogP contribution in [0.25, 0.3) is 0 Å². The lowest BCUT2D eigenvalue weighted by molar-refractivity contribution is -0.385. The first kappa shape index (κ1) is 20.2. The number of ether oxygens (including phenoxy) is 3. The Hall–Kier alpha value is -3.07. The van der Waals surface area contributed by atoms with Crippen LogP contribution in [0, 0.1) is 10.1 Å². The lowest BCUT2D eigenvalue weighted by atomic mass is 10.1. The van der Waals surface area contributed by atoms with Gasteiger partial charge in [-0.2, -0.15) is 0 Å². The number of benzene rings is 2.